The molecule has 74 valence electrons. The molecular weight excluding hydrogens is 176 g/mol. The number of ketones is 1. The second kappa shape index (κ2) is 4.38. The number of carbonyl (C=O) groups excluding carboxylic acids is 1. The van der Waals surface area contributed by atoms with Crippen molar-refractivity contribution < 1.29 is 9.53 Å². The van der Waals surface area contributed by atoms with E-state index < -0.39 is 0 Å². The third-order valence-electron chi connectivity index (χ3n) is 2.59. The highest BCUT2D eigenvalue weighted by molar-refractivity contribution is 5.97. The van der Waals surface area contributed by atoms with Gasteiger partial charge >= 0.3 is 0 Å². The van der Waals surface area contributed by atoms with Crippen LogP contribution in [0.2, 0.25) is 0 Å². The van der Waals surface area contributed by atoms with Crippen molar-refractivity contribution in [2.75, 3.05) is 13.2 Å². The van der Waals surface area contributed by atoms with Crippen molar-refractivity contribution in [3.63, 3.8) is 0 Å². The molecule has 14 heavy (non-hydrogen) atoms. The maximum atomic E-state index is 11.9. The van der Waals surface area contributed by atoms with Crippen LogP contribution in [0.25, 0.3) is 0 Å². The van der Waals surface area contributed by atoms with Gasteiger partial charge in [0, 0.05) is 18.1 Å². The molecule has 1 unspecified atom stereocenters. The predicted molar refractivity (Wildman–Crippen MR) is 54.3 cm³/mol. The van der Waals surface area contributed by atoms with Gasteiger partial charge in [0.2, 0.25) is 0 Å². The molecule has 0 spiro atoms. The van der Waals surface area contributed by atoms with E-state index in [9.17, 15) is 4.79 Å². The van der Waals surface area contributed by atoms with Gasteiger partial charge < -0.3 is 4.74 Å². The van der Waals surface area contributed by atoms with Crippen molar-refractivity contribution in [1.82, 2.24) is 0 Å². The summed E-state index contributed by atoms with van der Waals surface area (Å²) in [6.07, 6.45) is 1.97. The van der Waals surface area contributed by atoms with Gasteiger partial charge in [-0.05, 0) is 12.8 Å². The van der Waals surface area contributed by atoms with Gasteiger partial charge in [-0.25, -0.2) is 0 Å². The molecule has 1 heterocycles. The lowest BCUT2D eigenvalue weighted by atomic mass is 9.93. The summed E-state index contributed by atoms with van der Waals surface area (Å²) in [5, 5.41) is 0. The number of hydrogen-bond donors (Lipinski definition) is 0. The number of rotatable bonds is 2. The Morgan fingerprint density at radius 3 is 2.71 bits per heavy atom. The fourth-order valence-corrected chi connectivity index (χ4v) is 1.79. The molecule has 1 aliphatic rings. The van der Waals surface area contributed by atoms with E-state index in [2.05, 4.69) is 0 Å². The summed E-state index contributed by atoms with van der Waals surface area (Å²) in [4.78, 5) is 11.9. The first-order chi connectivity index (χ1) is 6.88. The fourth-order valence-electron chi connectivity index (χ4n) is 1.79. The van der Waals surface area contributed by atoms with Crippen molar-refractivity contribution in [2.24, 2.45) is 5.92 Å². The third-order valence-corrected chi connectivity index (χ3v) is 2.59. The van der Waals surface area contributed by atoms with E-state index in [1.807, 2.05) is 30.3 Å². The van der Waals surface area contributed by atoms with Gasteiger partial charge in [-0.1, -0.05) is 30.3 Å². The largest absolute Gasteiger partial charge is 0.381 e. The molecule has 1 atom stereocenters. The number of hydrogen-bond acceptors (Lipinski definition) is 2. The van der Waals surface area contributed by atoms with Crippen molar-refractivity contribution in [1.29, 1.82) is 0 Å². The maximum Gasteiger partial charge on any atom is 0.168 e. The van der Waals surface area contributed by atoms with Gasteiger partial charge in [-0.3, -0.25) is 4.79 Å². The topological polar surface area (TPSA) is 26.3 Å². The molecule has 2 heteroatoms. The SMILES string of the molecule is O=C(c1ccccc1)C1CCCOC1. The number of Topliss-reactive ketones (excluding diaryl/α,β-unsaturated/α-hetero) is 1. The molecule has 1 fully saturated rings. The van der Waals surface area contributed by atoms with E-state index in [1.165, 1.54) is 0 Å². The summed E-state index contributed by atoms with van der Waals surface area (Å²) >= 11 is 0. The predicted octanol–water partition coefficient (Wildman–Crippen LogP) is 2.30. The standard InChI is InChI=1S/C12H14O2/c13-12(10-5-2-1-3-6-10)11-7-4-8-14-9-11/h1-3,5-6,11H,4,7-9H2. The van der Waals surface area contributed by atoms with Crippen molar-refractivity contribution in [3.05, 3.63) is 35.9 Å². The quantitative estimate of drug-likeness (QED) is 0.669. The van der Waals surface area contributed by atoms with Crippen LogP contribution in [-0.4, -0.2) is 19.0 Å². The first kappa shape index (κ1) is 9.41. The highest BCUT2D eigenvalue weighted by Crippen LogP contribution is 2.18. The molecule has 1 aromatic rings. The summed E-state index contributed by atoms with van der Waals surface area (Å²) in [5.74, 6) is 0.302. The Bertz CT molecular complexity index is 299. The first-order valence-electron chi connectivity index (χ1n) is 5.05. The maximum absolute atomic E-state index is 11.9. The molecule has 0 saturated carbocycles. The smallest absolute Gasteiger partial charge is 0.168 e. The minimum Gasteiger partial charge on any atom is -0.381 e. The average Bonchev–Trinajstić information content (AvgIpc) is 2.30. The van der Waals surface area contributed by atoms with Crippen LogP contribution in [0.3, 0.4) is 0 Å². The lowest BCUT2D eigenvalue weighted by molar-refractivity contribution is 0.0461. The Labute approximate surface area is 83.9 Å². The van der Waals surface area contributed by atoms with Crippen molar-refractivity contribution in [2.45, 2.75) is 12.8 Å². The molecule has 2 nitrogen and oxygen atoms in total. The second-order valence-electron chi connectivity index (χ2n) is 3.64. The molecular formula is C12H14O2. The van der Waals surface area contributed by atoms with E-state index in [-0.39, 0.29) is 11.7 Å². The molecule has 1 aromatic carbocycles. The zero-order valence-corrected chi connectivity index (χ0v) is 8.11. The van der Waals surface area contributed by atoms with Crippen LogP contribution in [0.5, 0.6) is 0 Å². The highest BCUT2D eigenvalue weighted by Gasteiger charge is 2.22. The van der Waals surface area contributed by atoms with Gasteiger partial charge in [0.15, 0.2) is 5.78 Å². The summed E-state index contributed by atoms with van der Waals surface area (Å²) in [6, 6.07) is 9.47. The van der Waals surface area contributed by atoms with E-state index in [0.717, 1.165) is 25.0 Å². The zero-order valence-electron chi connectivity index (χ0n) is 8.11. The number of ether oxygens (including phenoxy) is 1. The lowest BCUT2D eigenvalue weighted by Crippen LogP contribution is -2.25. The van der Waals surface area contributed by atoms with Crippen LogP contribution in [0, 0.1) is 5.92 Å². The second-order valence-corrected chi connectivity index (χ2v) is 3.64. The minimum absolute atomic E-state index is 0.0751. The fraction of sp³-hybridized carbons (Fsp3) is 0.417. The van der Waals surface area contributed by atoms with Crippen LogP contribution in [-0.2, 0) is 4.74 Å². The van der Waals surface area contributed by atoms with Crippen LogP contribution >= 0.6 is 0 Å². The monoisotopic (exact) mass is 190 g/mol. The Morgan fingerprint density at radius 2 is 2.07 bits per heavy atom. The minimum atomic E-state index is 0.0751. The molecule has 0 bridgehead atoms. The van der Waals surface area contributed by atoms with E-state index in [1.54, 1.807) is 0 Å². The normalized spacial score (nSPS) is 21.9. The van der Waals surface area contributed by atoms with Crippen LogP contribution in [0.15, 0.2) is 30.3 Å². The van der Waals surface area contributed by atoms with Gasteiger partial charge in [0.1, 0.15) is 0 Å². The Hall–Kier alpha value is -1.15. The highest BCUT2D eigenvalue weighted by atomic mass is 16.5. The molecule has 0 aromatic heterocycles. The Balaban J connectivity index is 2.07. The molecule has 2 rings (SSSR count). The van der Waals surface area contributed by atoms with Gasteiger partial charge in [0.25, 0.3) is 0 Å². The summed E-state index contributed by atoms with van der Waals surface area (Å²) in [6.45, 7) is 1.40. The number of benzene rings is 1. The molecule has 0 aliphatic carbocycles. The summed E-state index contributed by atoms with van der Waals surface area (Å²) in [7, 11) is 0. The number of carbonyl (C=O) groups is 1. The third kappa shape index (κ3) is 2.02. The van der Waals surface area contributed by atoms with E-state index in [4.69, 9.17) is 4.74 Å². The summed E-state index contributed by atoms with van der Waals surface area (Å²) < 4.78 is 5.30. The van der Waals surface area contributed by atoms with Gasteiger partial charge in [-0.15, -0.1) is 0 Å². The molecule has 1 aliphatic heterocycles. The van der Waals surface area contributed by atoms with Gasteiger partial charge in [-0.2, -0.15) is 0 Å². The molecule has 0 radical (unpaired) electrons. The Kier molecular flexibility index (Phi) is 2.94. The van der Waals surface area contributed by atoms with Gasteiger partial charge in [0.05, 0.1) is 6.61 Å². The van der Waals surface area contributed by atoms with Crippen molar-refractivity contribution in [3.8, 4) is 0 Å². The van der Waals surface area contributed by atoms with E-state index in [0.29, 0.717) is 6.61 Å². The van der Waals surface area contributed by atoms with Crippen molar-refractivity contribution >= 4 is 5.78 Å². The zero-order chi connectivity index (χ0) is 9.80. The van der Waals surface area contributed by atoms with Crippen LogP contribution in [0.1, 0.15) is 23.2 Å². The Morgan fingerprint density at radius 1 is 1.29 bits per heavy atom. The molecule has 0 N–H and O–H groups in total. The summed E-state index contributed by atoms with van der Waals surface area (Å²) in [5.41, 5.74) is 0.808. The van der Waals surface area contributed by atoms with Crippen LogP contribution in [0.4, 0.5) is 0 Å². The molecule has 1 saturated heterocycles. The lowest BCUT2D eigenvalue weighted by Gasteiger charge is -2.20. The first-order valence-corrected chi connectivity index (χ1v) is 5.05. The van der Waals surface area contributed by atoms with Crippen LogP contribution < -0.4 is 0 Å². The van der Waals surface area contributed by atoms with E-state index >= 15 is 0 Å². The molecule has 0 amide bonds. The average molecular weight is 190 g/mol.